The summed E-state index contributed by atoms with van der Waals surface area (Å²) in [6.45, 7) is 0. The van der Waals surface area contributed by atoms with E-state index in [0.717, 1.165) is 0 Å². The third-order valence-electron chi connectivity index (χ3n) is 5.76. The van der Waals surface area contributed by atoms with Crippen molar-refractivity contribution < 1.29 is 61.2 Å². The number of hydrogen-bond donors (Lipinski definition) is 0. The lowest BCUT2D eigenvalue weighted by atomic mass is 10.0. The number of rotatable bonds is 4. The topological polar surface area (TPSA) is 12.4 Å². The third-order valence-corrected chi connectivity index (χ3v) is 12.0. The minimum atomic E-state index is -6.39. The molecule has 0 aromatic heterocycles. The minimum Gasteiger partial charge on any atom is -0.418 e. The van der Waals surface area contributed by atoms with Crippen molar-refractivity contribution in [1.29, 1.82) is 0 Å². The molecule has 3 aromatic rings. The van der Waals surface area contributed by atoms with Crippen LogP contribution in [-0.4, -0.2) is 35.3 Å². The maximum absolute atomic E-state index is 14.6. The van der Waals surface area contributed by atoms with Gasteiger partial charge in [0.2, 0.25) is 10.6 Å². The molecule has 1 aliphatic rings. The summed E-state index contributed by atoms with van der Waals surface area (Å²) < 4.78 is 174. The molecule has 0 atom stereocenters. The Morgan fingerprint density at radius 1 is 0.605 bits per heavy atom. The molecule has 4 rings (SSSR count). The molecule has 0 aliphatic carbocycles. The van der Waals surface area contributed by atoms with Crippen LogP contribution in [0.25, 0.3) is 0 Å². The molecule has 18 heteroatoms. The van der Waals surface area contributed by atoms with E-state index in [9.17, 15) is 61.2 Å². The Bertz CT molecular complexity index is 1330. The van der Waals surface area contributed by atoms with Crippen LogP contribution in [-0.2, 0) is 0 Å². The lowest BCUT2D eigenvalue weighted by Gasteiger charge is -2.34. The van der Waals surface area contributed by atoms with Crippen molar-refractivity contribution in [2.75, 3.05) is 0 Å². The van der Waals surface area contributed by atoms with Crippen molar-refractivity contribution in [2.24, 2.45) is 4.99 Å². The molecule has 1 aliphatic heterocycles. The molecule has 1 nitrogen and oxygen atoms in total. The van der Waals surface area contributed by atoms with Crippen molar-refractivity contribution in [3.63, 3.8) is 0 Å². The largest absolute Gasteiger partial charge is 0.673 e. The minimum absolute atomic E-state index is 0.218. The molecule has 232 valence electrons. The number of hydrogen-bond acceptors (Lipinski definition) is 2. The van der Waals surface area contributed by atoms with Crippen LogP contribution in [0.15, 0.2) is 108 Å². The summed E-state index contributed by atoms with van der Waals surface area (Å²) in [5.74, 6) is -3.55. The Kier molecular flexibility index (Phi) is 9.72. The summed E-state index contributed by atoms with van der Waals surface area (Å²) in [6.07, 6.45) is -18.9. The fourth-order valence-corrected chi connectivity index (χ4v) is 10.6. The van der Waals surface area contributed by atoms with Gasteiger partial charge in [-0.25, -0.2) is 4.99 Å². The van der Waals surface area contributed by atoms with Gasteiger partial charge in [-0.2, -0.15) is 43.9 Å². The highest BCUT2D eigenvalue weighted by Crippen LogP contribution is 2.70. The number of halogens is 14. The van der Waals surface area contributed by atoms with Gasteiger partial charge in [0.25, 0.3) is 4.75 Å². The van der Waals surface area contributed by atoms with E-state index >= 15 is 0 Å². The third kappa shape index (κ3) is 6.87. The smallest absolute Gasteiger partial charge is 0.418 e. The molecule has 0 fully saturated rings. The predicted molar refractivity (Wildman–Crippen MR) is 139 cm³/mol. The SMILES string of the molecule is F/C(=C1/N=C([P+](c2ccccc2)(c2ccccc2)c2ccccc2)SC1(C(F)(F)F)C(F)(F)F)C(F)(F)F.F[B-](F)(F)F. The second-order valence-corrected chi connectivity index (χ2v) is 13.3. The van der Waals surface area contributed by atoms with Crippen LogP contribution >= 0.6 is 19.0 Å². The van der Waals surface area contributed by atoms with Gasteiger partial charge in [-0.15, -0.1) is 0 Å². The average molecular weight is 669 g/mol. The molecule has 3 aromatic carbocycles. The molecule has 0 unspecified atom stereocenters. The van der Waals surface area contributed by atoms with Gasteiger partial charge >= 0.3 is 25.8 Å². The Morgan fingerprint density at radius 3 is 1.16 bits per heavy atom. The zero-order valence-electron chi connectivity index (χ0n) is 20.8. The molecule has 0 spiro atoms. The fraction of sp³-hybridized carbons (Fsp3) is 0.160. The number of thioether (sulfide) groups is 1. The van der Waals surface area contributed by atoms with Crippen LogP contribution in [0, 0.1) is 0 Å². The van der Waals surface area contributed by atoms with Crippen LogP contribution in [0.2, 0.25) is 0 Å². The van der Waals surface area contributed by atoms with E-state index in [0.29, 0.717) is 0 Å². The molecule has 0 amide bonds. The van der Waals surface area contributed by atoms with Crippen molar-refractivity contribution in [3.8, 4) is 0 Å². The van der Waals surface area contributed by atoms with Crippen LogP contribution in [0.3, 0.4) is 0 Å². The highest BCUT2D eigenvalue weighted by atomic mass is 32.2. The molecule has 0 bridgehead atoms. The standard InChI is InChI=1S/C25H15F10NPS.BF4/c26-19(23(27,28)29)20-22(24(30,31)32,25(33,34)35)38-21(36-20)37(16-10-4-1-5-11-16,17-12-6-2-7-13-17)18-14-8-3-9-15-18;2-1(3,4)5/h1-15H;/q+1;-1/b20-19+;. The van der Waals surface area contributed by atoms with Gasteiger partial charge in [0.05, 0.1) is 0 Å². The maximum atomic E-state index is 14.6. The average Bonchev–Trinajstić information content (AvgIpc) is 3.32. The van der Waals surface area contributed by atoms with Crippen molar-refractivity contribution in [2.45, 2.75) is 23.3 Å². The molecular formula is C25H15BF14NPS. The van der Waals surface area contributed by atoms with E-state index in [4.69, 9.17) is 0 Å². The number of nitrogens with zero attached hydrogens (tertiary/aromatic N) is 1. The van der Waals surface area contributed by atoms with Gasteiger partial charge in [-0.3, -0.25) is 0 Å². The fourth-order valence-electron chi connectivity index (χ4n) is 4.14. The van der Waals surface area contributed by atoms with Gasteiger partial charge in [0.15, 0.2) is 7.26 Å². The highest BCUT2D eigenvalue weighted by molar-refractivity contribution is 8.35. The van der Waals surface area contributed by atoms with Crippen molar-refractivity contribution in [3.05, 3.63) is 103 Å². The monoisotopic (exact) mass is 669 g/mol. The van der Waals surface area contributed by atoms with E-state index in [1.54, 1.807) is 18.2 Å². The van der Waals surface area contributed by atoms with Gasteiger partial charge < -0.3 is 17.3 Å². The Hall–Kier alpha value is -3.07. The summed E-state index contributed by atoms with van der Waals surface area (Å²) in [4.78, 5) is 2.40. The maximum Gasteiger partial charge on any atom is 0.673 e. The first-order chi connectivity index (χ1) is 19.7. The summed E-state index contributed by atoms with van der Waals surface area (Å²) in [5.41, 5.74) is -2.77. The van der Waals surface area contributed by atoms with E-state index in [2.05, 4.69) is 4.99 Å². The second kappa shape index (κ2) is 12.1. The number of allylic oxidation sites excluding steroid dienone is 1. The first-order valence-electron chi connectivity index (χ1n) is 11.5. The first kappa shape index (κ1) is 34.4. The molecule has 0 saturated carbocycles. The van der Waals surface area contributed by atoms with E-state index in [1.807, 2.05) is 0 Å². The summed E-state index contributed by atoms with van der Waals surface area (Å²) in [6, 6.07) is 22.3. The van der Waals surface area contributed by atoms with Crippen LogP contribution in [0.1, 0.15) is 0 Å². The van der Waals surface area contributed by atoms with Gasteiger partial charge in [-0.05, 0) is 48.2 Å². The zero-order chi connectivity index (χ0) is 32.5. The van der Waals surface area contributed by atoms with Crippen molar-refractivity contribution >= 4 is 47.0 Å². The molecule has 43 heavy (non-hydrogen) atoms. The number of alkyl halides is 9. The van der Waals surface area contributed by atoms with Crippen LogP contribution in [0.4, 0.5) is 61.2 Å². The summed E-state index contributed by atoms with van der Waals surface area (Å²) >= 11 is -0.932. The Balaban J connectivity index is 0.000000934. The number of benzene rings is 3. The van der Waals surface area contributed by atoms with Crippen molar-refractivity contribution in [1.82, 2.24) is 0 Å². The normalized spacial score (nSPS) is 17.1. The van der Waals surface area contributed by atoms with Crippen LogP contribution in [0.5, 0.6) is 0 Å². The van der Waals surface area contributed by atoms with E-state index < -0.39 is 65.9 Å². The summed E-state index contributed by atoms with van der Waals surface area (Å²) in [5, 5.41) is 0.654. The first-order valence-corrected chi connectivity index (χ1v) is 14.1. The molecule has 0 radical (unpaired) electrons. The van der Waals surface area contributed by atoms with Gasteiger partial charge in [-0.1, -0.05) is 54.6 Å². The lowest BCUT2D eigenvalue weighted by molar-refractivity contribution is -0.253. The second-order valence-electron chi connectivity index (χ2n) is 8.51. The Morgan fingerprint density at radius 2 is 0.907 bits per heavy atom. The van der Waals surface area contributed by atoms with E-state index in [1.165, 1.54) is 72.8 Å². The zero-order valence-corrected chi connectivity index (χ0v) is 22.5. The quantitative estimate of drug-likeness (QED) is 0.154. The molecule has 1 heterocycles. The van der Waals surface area contributed by atoms with Gasteiger partial charge in [0.1, 0.15) is 21.6 Å². The van der Waals surface area contributed by atoms with E-state index in [-0.39, 0.29) is 15.9 Å². The lowest BCUT2D eigenvalue weighted by Crippen LogP contribution is -2.55. The predicted octanol–water partition coefficient (Wildman–Crippen LogP) is 8.99. The molecular weight excluding hydrogens is 654 g/mol. The van der Waals surface area contributed by atoms with Gasteiger partial charge in [0, 0.05) is 0 Å². The number of aliphatic imine (C=N–C) groups is 1. The van der Waals surface area contributed by atoms with Crippen LogP contribution < -0.4 is 15.9 Å². The molecule has 0 N–H and O–H groups in total. The molecule has 0 saturated heterocycles. The summed E-state index contributed by atoms with van der Waals surface area (Å²) in [7, 11) is -9.80. The highest BCUT2D eigenvalue weighted by Gasteiger charge is 2.80. The Labute approximate surface area is 239 Å².